The van der Waals surface area contributed by atoms with Crippen molar-refractivity contribution in [2.75, 3.05) is 30.3 Å². The van der Waals surface area contributed by atoms with Crippen molar-refractivity contribution in [2.24, 2.45) is 0 Å². The first-order valence-electron chi connectivity index (χ1n) is 9.08. The molecule has 6 heteroatoms. The number of anilines is 2. The smallest absolute Gasteiger partial charge is 0.238 e. The number of carbonyl (C=O) groups is 2. The summed E-state index contributed by atoms with van der Waals surface area (Å²) in [4.78, 5) is 26.4. The topological polar surface area (TPSA) is 61.4 Å². The van der Waals surface area contributed by atoms with Gasteiger partial charge >= 0.3 is 0 Å². The van der Waals surface area contributed by atoms with Gasteiger partial charge in [0.05, 0.1) is 13.1 Å². The number of rotatable bonds is 8. The Balaban J connectivity index is 1.88. The molecule has 144 valence electrons. The molecule has 0 heterocycles. The number of amides is 2. The van der Waals surface area contributed by atoms with Crippen molar-refractivity contribution in [2.45, 2.75) is 27.2 Å². The van der Waals surface area contributed by atoms with Crippen LogP contribution in [0.4, 0.5) is 11.4 Å². The third kappa shape index (κ3) is 6.70. The van der Waals surface area contributed by atoms with Crippen molar-refractivity contribution < 1.29 is 9.59 Å². The van der Waals surface area contributed by atoms with Gasteiger partial charge in [0.2, 0.25) is 11.8 Å². The summed E-state index contributed by atoms with van der Waals surface area (Å²) in [6.45, 7) is 6.77. The molecule has 0 bridgehead atoms. The molecule has 0 saturated heterocycles. The van der Waals surface area contributed by atoms with E-state index in [2.05, 4.69) is 17.6 Å². The number of nitrogens with zero attached hydrogens (tertiary/aromatic N) is 1. The maximum atomic E-state index is 12.3. The number of carbonyl (C=O) groups excluding carboxylic acids is 2. The molecule has 0 radical (unpaired) electrons. The molecule has 5 nitrogen and oxygen atoms in total. The Kier molecular flexibility index (Phi) is 7.82. The Hall–Kier alpha value is -2.37. The normalized spacial score (nSPS) is 10.7. The van der Waals surface area contributed by atoms with Crippen LogP contribution in [0.3, 0.4) is 0 Å². The van der Waals surface area contributed by atoms with Crippen LogP contribution in [0.1, 0.15) is 25.0 Å². The first-order valence-corrected chi connectivity index (χ1v) is 9.46. The van der Waals surface area contributed by atoms with E-state index in [9.17, 15) is 9.59 Å². The number of halogens is 1. The van der Waals surface area contributed by atoms with Crippen molar-refractivity contribution in [3.8, 4) is 0 Å². The Bertz CT molecular complexity index is 791. The Morgan fingerprint density at radius 3 is 2.19 bits per heavy atom. The van der Waals surface area contributed by atoms with Crippen LogP contribution in [0.15, 0.2) is 42.5 Å². The maximum absolute atomic E-state index is 12.3. The molecule has 0 fully saturated rings. The fourth-order valence-electron chi connectivity index (χ4n) is 2.63. The van der Waals surface area contributed by atoms with Crippen LogP contribution in [-0.4, -0.2) is 36.3 Å². The first kappa shape index (κ1) is 20.9. The molecule has 0 aromatic heterocycles. The Morgan fingerprint density at radius 1 is 0.963 bits per heavy atom. The second kappa shape index (κ2) is 10.1. The number of benzene rings is 2. The summed E-state index contributed by atoms with van der Waals surface area (Å²) in [5.74, 6) is -0.324. The van der Waals surface area contributed by atoms with Gasteiger partial charge in [-0.15, -0.1) is 0 Å². The van der Waals surface area contributed by atoms with Gasteiger partial charge in [0.15, 0.2) is 0 Å². The quantitative estimate of drug-likeness (QED) is 0.716. The third-order valence-corrected chi connectivity index (χ3v) is 4.54. The van der Waals surface area contributed by atoms with E-state index in [1.54, 1.807) is 17.0 Å². The average molecular weight is 388 g/mol. The van der Waals surface area contributed by atoms with Gasteiger partial charge in [-0.1, -0.05) is 43.6 Å². The highest BCUT2D eigenvalue weighted by atomic mass is 35.5. The van der Waals surface area contributed by atoms with Crippen LogP contribution in [0.5, 0.6) is 0 Å². The zero-order valence-electron chi connectivity index (χ0n) is 16.0. The van der Waals surface area contributed by atoms with Crippen molar-refractivity contribution in [1.29, 1.82) is 0 Å². The largest absolute Gasteiger partial charge is 0.325 e. The summed E-state index contributed by atoms with van der Waals surface area (Å²) in [5, 5.41) is 6.29. The molecule has 0 spiro atoms. The van der Waals surface area contributed by atoms with Crippen molar-refractivity contribution in [3.05, 3.63) is 58.6 Å². The molecule has 0 aliphatic heterocycles. The van der Waals surface area contributed by atoms with Crippen LogP contribution in [-0.2, 0) is 16.0 Å². The van der Waals surface area contributed by atoms with Gasteiger partial charge in [-0.3, -0.25) is 14.5 Å². The summed E-state index contributed by atoms with van der Waals surface area (Å²) in [7, 11) is 0. The van der Waals surface area contributed by atoms with Gasteiger partial charge in [-0.2, -0.15) is 0 Å². The van der Waals surface area contributed by atoms with Crippen molar-refractivity contribution in [3.63, 3.8) is 0 Å². The second-order valence-electron chi connectivity index (χ2n) is 6.41. The monoisotopic (exact) mass is 387 g/mol. The SMILES string of the molecule is CCc1ccc(NC(=O)CN(CC)CC(=O)Nc2cc(Cl)ccc2C)cc1. The van der Waals surface area contributed by atoms with Gasteiger partial charge in [0.1, 0.15) is 0 Å². The van der Waals surface area contributed by atoms with Crippen LogP contribution in [0.2, 0.25) is 5.02 Å². The minimum atomic E-state index is -0.178. The molecule has 0 atom stereocenters. The summed E-state index contributed by atoms with van der Waals surface area (Å²) in [6.07, 6.45) is 0.957. The minimum absolute atomic E-state index is 0.130. The highest BCUT2D eigenvalue weighted by molar-refractivity contribution is 6.31. The summed E-state index contributed by atoms with van der Waals surface area (Å²) in [5.41, 5.74) is 3.59. The molecule has 0 aliphatic rings. The number of hydrogen-bond donors (Lipinski definition) is 2. The zero-order valence-corrected chi connectivity index (χ0v) is 16.8. The van der Waals surface area contributed by atoms with Gasteiger partial charge < -0.3 is 10.6 Å². The van der Waals surface area contributed by atoms with E-state index in [4.69, 9.17) is 11.6 Å². The molecule has 27 heavy (non-hydrogen) atoms. The number of hydrogen-bond acceptors (Lipinski definition) is 3. The predicted octanol–water partition coefficient (Wildman–Crippen LogP) is 4.11. The molecule has 0 unspecified atom stereocenters. The number of likely N-dealkylation sites (N-methyl/N-ethyl adjacent to an activating group) is 1. The molecular formula is C21H26ClN3O2. The lowest BCUT2D eigenvalue weighted by Gasteiger charge is -2.20. The number of nitrogens with one attached hydrogen (secondary N) is 2. The van der Waals surface area contributed by atoms with Gasteiger partial charge in [0, 0.05) is 16.4 Å². The molecule has 2 aromatic rings. The van der Waals surface area contributed by atoms with E-state index in [1.807, 2.05) is 44.2 Å². The fraction of sp³-hybridized carbons (Fsp3) is 0.333. The van der Waals surface area contributed by atoms with E-state index in [0.29, 0.717) is 17.3 Å². The van der Waals surface area contributed by atoms with Crippen LogP contribution in [0, 0.1) is 6.92 Å². The summed E-state index contributed by atoms with van der Waals surface area (Å²) in [6, 6.07) is 13.1. The van der Waals surface area contributed by atoms with Crippen molar-refractivity contribution >= 4 is 34.8 Å². The standard InChI is InChI=1S/C21H26ClN3O2/c1-4-16-7-10-18(11-8-16)23-20(26)13-25(5-2)14-21(27)24-19-12-17(22)9-6-15(19)3/h6-12H,4-5,13-14H2,1-3H3,(H,23,26)(H,24,27). The molecular weight excluding hydrogens is 362 g/mol. The highest BCUT2D eigenvalue weighted by Crippen LogP contribution is 2.20. The molecule has 2 rings (SSSR count). The van der Waals surface area contributed by atoms with Crippen molar-refractivity contribution in [1.82, 2.24) is 4.90 Å². The summed E-state index contributed by atoms with van der Waals surface area (Å²) < 4.78 is 0. The van der Waals surface area contributed by atoms with Crippen LogP contribution >= 0.6 is 11.6 Å². The molecule has 2 aromatic carbocycles. The third-order valence-electron chi connectivity index (χ3n) is 4.30. The highest BCUT2D eigenvalue weighted by Gasteiger charge is 2.14. The molecule has 0 aliphatic carbocycles. The lowest BCUT2D eigenvalue weighted by molar-refractivity contribution is -0.119. The van der Waals surface area contributed by atoms with Gasteiger partial charge in [0.25, 0.3) is 0 Å². The molecule has 2 amide bonds. The molecule has 0 saturated carbocycles. The fourth-order valence-corrected chi connectivity index (χ4v) is 2.80. The minimum Gasteiger partial charge on any atom is -0.325 e. The van der Waals surface area contributed by atoms with Gasteiger partial charge in [-0.25, -0.2) is 0 Å². The second-order valence-corrected chi connectivity index (χ2v) is 6.85. The lowest BCUT2D eigenvalue weighted by atomic mass is 10.1. The zero-order chi connectivity index (χ0) is 19.8. The summed E-state index contributed by atoms with van der Waals surface area (Å²) >= 11 is 5.98. The van der Waals surface area contributed by atoms with E-state index in [0.717, 1.165) is 17.7 Å². The maximum Gasteiger partial charge on any atom is 0.238 e. The first-order chi connectivity index (χ1) is 12.9. The molecule has 2 N–H and O–H groups in total. The predicted molar refractivity (Wildman–Crippen MR) is 111 cm³/mol. The Labute approximate surface area is 165 Å². The number of aryl methyl sites for hydroxylation is 2. The van der Waals surface area contributed by atoms with Gasteiger partial charge in [-0.05, 0) is 55.3 Å². The van der Waals surface area contributed by atoms with E-state index >= 15 is 0 Å². The Morgan fingerprint density at radius 2 is 1.59 bits per heavy atom. The lowest BCUT2D eigenvalue weighted by Crippen LogP contribution is -2.38. The van der Waals surface area contributed by atoms with E-state index in [-0.39, 0.29) is 24.9 Å². The van der Waals surface area contributed by atoms with Crippen LogP contribution in [0.25, 0.3) is 0 Å². The van der Waals surface area contributed by atoms with Crippen LogP contribution < -0.4 is 10.6 Å². The average Bonchev–Trinajstić information content (AvgIpc) is 2.64. The van der Waals surface area contributed by atoms with E-state index in [1.165, 1.54) is 5.56 Å². The van der Waals surface area contributed by atoms with E-state index < -0.39 is 0 Å².